The lowest BCUT2D eigenvalue weighted by Crippen LogP contribution is -2.16. The summed E-state index contributed by atoms with van der Waals surface area (Å²) in [6.07, 6.45) is 2.67. The first-order chi connectivity index (χ1) is 8.20. The van der Waals surface area contributed by atoms with Crippen molar-refractivity contribution in [2.75, 3.05) is 5.32 Å². The molecule has 2 heterocycles. The van der Waals surface area contributed by atoms with Crippen LogP contribution in [0.1, 0.15) is 16.1 Å². The van der Waals surface area contributed by atoms with Crippen molar-refractivity contribution in [1.29, 1.82) is 5.26 Å². The number of anilines is 1. The molecule has 1 N–H and O–H groups in total. The molecule has 2 rings (SSSR count). The van der Waals surface area contributed by atoms with E-state index in [2.05, 4.69) is 20.4 Å². The van der Waals surface area contributed by atoms with Crippen molar-refractivity contribution in [3.8, 4) is 6.07 Å². The highest BCUT2D eigenvalue weighted by Crippen LogP contribution is 2.03. The standard InChI is InChI=1S/C10H8N6O/c1-16-10(13-6-14-16)15-9(17)8-3-2-7(4-11)5-12-8/h2-3,5-6H,1H3,(H,13,14,15,17). The molecule has 7 heteroatoms. The van der Waals surface area contributed by atoms with Gasteiger partial charge in [-0.15, -0.1) is 0 Å². The van der Waals surface area contributed by atoms with Crippen LogP contribution in [0.15, 0.2) is 24.7 Å². The summed E-state index contributed by atoms with van der Waals surface area (Å²) < 4.78 is 1.43. The molecule has 17 heavy (non-hydrogen) atoms. The Morgan fingerprint density at radius 1 is 1.47 bits per heavy atom. The number of carbonyl (C=O) groups excluding carboxylic acids is 1. The minimum atomic E-state index is -0.398. The van der Waals surface area contributed by atoms with Crippen molar-refractivity contribution in [1.82, 2.24) is 19.7 Å². The fraction of sp³-hybridized carbons (Fsp3) is 0.100. The summed E-state index contributed by atoms with van der Waals surface area (Å²) in [7, 11) is 1.66. The van der Waals surface area contributed by atoms with Crippen molar-refractivity contribution >= 4 is 11.9 Å². The highest BCUT2D eigenvalue weighted by molar-refractivity contribution is 6.01. The highest BCUT2D eigenvalue weighted by Gasteiger charge is 2.10. The molecule has 0 fully saturated rings. The van der Waals surface area contributed by atoms with Gasteiger partial charge in [-0.1, -0.05) is 0 Å². The van der Waals surface area contributed by atoms with Gasteiger partial charge in [-0.05, 0) is 12.1 Å². The van der Waals surface area contributed by atoms with Gasteiger partial charge in [0.2, 0.25) is 5.95 Å². The molecule has 0 aromatic carbocycles. The molecule has 7 nitrogen and oxygen atoms in total. The Bertz CT molecular complexity index is 580. The number of rotatable bonds is 2. The van der Waals surface area contributed by atoms with Crippen molar-refractivity contribution < 1.29 is 4.79 Å². The van der Waals surface area contributed by atoms with Crippen LogP contribution in [0.2, 0.25) is 0 Å². The summed E-state index contributed by atoms with van der Waals surface area (Å²) in [5, 5.41) is 15.0. The molecule has 0 aliphatic heterocycles. The van der Waals surface area contributed by atoms with Gasteiger partial charge in [-0.2, -0.15) is 15.3 Å². The SMILES string of the molecule is Cn1ncnc1NC(=O)c1ccc(C#N)cn1. The van der Waals surface area contributed by atoms with Crippen LogP contribution < -0.4 is 5.32 Å². The Kier molecular flexibility index (Phi) is 2.79. The Labute approximate surface area is 96.7 Å². The normalized spacial score (nSPS) is 9.65. The van der Waals surface area contributed by atoms with E-state index in [0.717, 1.165) is 0 Å². The van der Waals surface area contributed by atoms with Crippen LogP contribution in [-0.2, 0) is 7.05 Å². The van der Waals surface area contributed by atoms with Crippen LogP contribution in [-0.4, -0.2) is 25.7 Å². The van der Waals surface area contributed by atoms with Crippen LogP contribution in [0, 0.1) is 11.3 Å². The Balaban J connectivity index is 2.15. The molecule has 0 radical (unpaired) electrons. The van der Waals surface area contributed by atoms with E-state index in [9.17, 15) is 4.79 Å². The average molecular weight is 228 g/mol. The monoisotopic (exact) mass is 228 g/mol. The second kappa shape index (κ2) is 4.40. The average Bonchev–Trinajstić information content (AvgIpc) is 2.75. The number of aryl methyl sites for hydroxylation is 1. The second-order valence-corrected chi connectivity index (χ2v) is 3.21. The molecule has 2 aromatic rings. The first-order valence-electron chi connectivity index (χ1n) is 4.72. The van der Waals surface area contributed by atoms with Gasteiger partial charge >= 0.3 is 0 Å². The summed E-state index contributed by atoms with van der Waals surface area (Å²) >= 11 is 0. The van der Waals surface area contributed by atoms with Crippen LogP contribution in [0.25, 0.3) is 0 Å². The minimum absolute atomic E-state index is 0.215. The maximum absolute atomic E-state index is 11.7. The van der Waals surface area contributed by atoms with Crippen molar-refractivity contribution in [2.24, 2.45) is 7.05 Å². The topological polar surface area (TPSA) is 96.5 Å². The molecule has 1 amide bonds. The third-order valence-electron chi connectivity index (χ3n) is 2.06. The number of hydrogen-bond donors (Lipinski definition) is 1. The number of nitrogens with zero attached hydrogens (tertiary/aromatic N) is 5. The number of nitriles is 1. The molecule has 0 atom stereocenters. The van der Waals surface area contributed by atoms with E-state index in [4.69, 9.17) is 5.26 Å². The lowest BCUT2D eigenvalue weighted by atomic mass is 10.2. The van der Waals surface area contributed by atoms with E-state index in [1.54, 1.807) is 7.05 Å². The van der Waals surface area contributed by atoms with Gasteiger partial charge in [0, 0.05) is 13.2 Å². The molecule has 84 valence electrons. The zero-order valence-electron chi connectivity index (χ0n) is 8.95. The largest absolute Gasteiger partial charge is 0.289 e. The number of pyridine rings is 1. The molecule has 0 aliphatic carbocycles. The van der Waals surface area contributed by atoms with Crippen LogP contribution in [0.5, 0.6) is 0 Å². The fourth-order valence-electron chi connectivity index (χ4n) is 1.17. The third kappa shape index (κ3) is 2.26. The molecule has 0 saturated heterocycles. The Hall–Kier alpha value is -2.75. The molecule has 0 spiro atoms. The molecule has 0 bridgehead atoms. The quantitative estimate of drug-likeness (QED) is 0.799. The van der Waals surface area contributed by atoms with Crippen LogP contribution in [0.4, 0.5) is 5.95 Å². The van der Waals surface area contributed by atoms with Crippen LogP contribution >= 0.6 is 0 Å². The first-order valence-corrected chi connectivity index (χ1v) is 4.72. The van der Waals surface area contributed by atoms with Crippen LogP contribution in [0.3, 0.4) is 0 Å². The van der Waals surface area contributed by atoms with Gasteiger partial charge in [-0.25, -0.2) is 9.67 Å². The summed E-state index contributed by atoms with van der Waals surface area (Å²) in [4.78, 5) is 19.4. The zero-order chi connectivity index (χ0) is 12.3. The van der Waals surface area contributed by atoms with E-state index in [0.29, 0.717) is 11.5 Å². The predicted molar refractivity (Wildman–Crippen MR) is 57.9 cm³/mol. The lowest BCUT2D eigenvalue weighted by molar-refractivity contribution is 0.102. The van der Waals surface area contributed by atoms with Crippen molar-refractivity contribution in [3.05, 3.63) is 35.9 Å². The molecule has 0 saturated carbocycles. The van der Waals surface area contributed by atoms with Gasteiger partial charge in [-0.3, -0.25) is 10.1 Å². The van der Waals surface area contributed by atoms with Gasteiger partial charge < -0.3 is 0 Å². The summed E-state index contributed by atoms with van der Waals surface area (Å²) in [5.74, 6) is -0.0632. The van der Waals surface area contributed by atoms with E-state index in [1.165, 1.54) is 29.3 Å². The number of nitrogens with one attached hydrogen (secondary N) is 1. The summed E-state index contributed by atoms with van der Waals surface area (Å²) in [6, 6.07) is 4.93. The fourth-order valence-corrected chi connectivity index (χ4v) is 1.17. The maximum Gasteiger partial charge on any atom is 0.276 e. The number of carbonyl (C=O) groups is 1. The lowest BCUT2D eigenvalue weighted by Gasteiger charge is -2.02. The van der Waals surface area contributed by atoms with Crippen molar-refractivity contribution in [3.63, 3.8) is 0 Å². The third-order valence-corrected chi connectivity index (χ3v) is 2.06. The van der Waals surface area contributed by atoms with Gasteiger partial charge in [0.25, 0.3) is 5.91 Å². The molecule has 2 aromatic heterocycles. The minimum Gasteiger partial charge on any atom is -0.289 e. The first kappa shape index (κ1) is 10.8. The predicted octanol–water partition coefficient (Wildman–Crippen LogP) is 0.334. The summed E-state index contributed by atoms with van der Waals surface area (Å²) in [6.45, 7) is 0. The summed E-state index contributed by atoms with van der Waals surface area (Å²) in [5.41, 5.74) is 0.618. The number of aromatic nitrogens is 4. The van der Waals surface area contributed by atoms with E-state index < -0.39 is 5.91 Å². The highest BCUT2D eigenvalue weighted by atomic mass is 16.2. The maximum atomic E-state index is 11.7. The smallest absolute Gasteiger partial charge is 0.276 e. The van der Waals surface area contributed by atoms with Gasteiger partial charge in [0.1, 0.15) is 18.1 Å². The van der Waals surface area contributed by atoms with E-state index in [1.807, 2.05) is 6.07 Å². The molecule has 0 unspecified atom stereocenters. The van der Waals surface area contributed by atoms with E-state index >= 15 is 0 Å². The zero-order valence-corrected chi connectivity index (χ0v) is 8.95. The van der Waals surface area contributed by atoms with Gasteiger partial charge in [0.15, 0.2) is 0 Å². The molecular weight excluding hydrogens is 220 g/mol. The molecular formula is C10H8N6O. The second-order valence-electron chi connectivity index (χ2n) is 3.21. The Morgan fingerprint density at radius 3 is 2.82 bits per heavy atom. The van der Waals surface area contributed by atoms with Crippen molar-refractivity contribution in [2.45, 2.75) is 0 Å². The Morgan fingerprint density at radius 2 is 2.29 bits per heavy atom. The number of hydrogen-bond acceptors (Lipinski definition) is 5. The van der Waals surface area contributed by atoms with Gasteiger partial charge in [0.05, 0.1) is 5.56 Å². The number of amides is 1. The molecule has 0 aliphatic rings. The van der Waals surface area contributed by atoms with E-state index in [-0.39, 0.29) is 5.69 Å².